The molecule has 0 atom stereocenters. The number of rotatable bonds is 4. The summed E-state index contributed by atoms with van der Waals surface area (Å²) in [5, 5.41) is 0. The third-order valence-electron chi connectivity index (χ3n) is 0.841. The van der Waals surface area contributed by atoms with Crippen LogP contribution in [0.4, 0.5) is 0 Å². The first-order chi connectivity index (χ1) is 4.81. The maximum Gasteiger partial charge on any atom is -0.00279 e. The van der Waals surface area contributed by atoms with Crippen molar-refractivity contribution in [2.45, 2.75) is 6.92 Å². The van der Waals surface area contributed by atoms with Gasteiger partial charge in [0.2, 0.25) is 0 Å². The number of nitrogens with one attached hydrogen (secondary N) is 1. The van der Waals surface area contributed by atoms with Gasteiger partial charge in [-0.2, -0.15) is 0 Å². The lowest BCUT2D eigenvalue weighted by Crippen LogP contribution is -1.89. The van der Waals surface area contributed by atoms with Crippen LogP contribution in [-0.4, -0.2) is 7.05 Å². The first-order valence-corrected chi connectivity index (χ1v) is 3.92. The Balaban J connectivity index is 3.67. The van der Waals surface area contributed by atoms with Crippen LogP contribution in [0.25, 0.3) is 0 Å². The number of hydrogen-bond acceptors (Lipinski definition) is 2. The van der Waals surface area contributed by atoms with Gasteiger partial charge in [-0.25, -0.2) is 0 Å². The van der Waals surface area contributed by atoms with Gasteiger partial charge in [0.05, 0.1) is 0 Å². The summed E-state index contributed by atoms with van der Waals surface area (Å²) in [7, 11) is 1.90. The van der Waals surface area contributed by atoms with Gasteiger partial charge in [-0.15, -0.1) is 0 Å². The highest BCUT2D eigenvalue weighted by atomic mass is 32.2. The minimum Gasteiger partial charge on any atom is -0.263 e. The number of allylic oxidation sites excluding steroid dienone is 5. The summed E-state index contributed by atoms with van der Waals surface area (Å²) in [6, 6.07) is 0. The largest absolute Gasteiger partial charge is 0.263 e. The molecule has 0 aromatic carbocycles. The van der Waals surface area contributed by atoms with E-state index in [2.05, 4.69) is 18.2 Å². The molecule has 0 aliphatic rings. The van der Waals surface area contributed by atoms with Crippen LogP contribution in [0.15, 0.2) is 35.8 Å². The van der Waals surface area contributed by atoms with Crippen molar-refractivity contribution >= 4 is 11.9 Å². The van der Waals surface area contributed by atoms with Gasteiger partial charge in [0.25, 0.3) is 0 Å². The first kappa shape index (κ1) is 9.53. The molecule has 0 aromatic rings. The molecular formula is C8H13NS. The predicted octanol–water partition coefficient (Wildman–Crippen LogP) is 2.50. The van der Waals surface area contributed by atoms with Crippen LogP contribution in [0.1, 0.15) is 6.92 Å². The molecule has 0 amide bonds. The molecule has 56 valence electrons. The average Bonchev–Trinajstić information content (AvgIpc) is 1.89. The van der Waals surface area contributed by atoms with Crippen molar-refractivity contribution in [1.29, 1.82) is 0 Å². The summed E-state index contributed by atoms with van der Waals surface area (Å²) < 4.78 is 2.98. The van der Waals surface area contributed by atoms with Gasteiger partial charge in [0, 0.05) is 0 Å². The standard InChI is InChI=1S/C8H13NS/c1-4-5-6-7-8(2)10-9-3/h4-7,9H,1H2,2-3H3/b6-5-,8-7+. The van der Waals surface area contributed by atoms with Crippen LogP contribution in [-0.2, 0) is 0 Å². The van der Waals surface area contributed by atoms with Gasteiger partial charge in [0.15, 0.2) is 0 Å². The Bertz CT molecular complexity index is 147. The van der Waals surface area contributed by atoms with E-state index in [0.717, 1.165) is 0 Å². The van der Waals surface area contributed by atoms with Gasteiger partial charge < -0.3 is 0 Å². The molecule has 0 spiro atoms. The van der Waals surface area contributed by atoms with E-state index in [1.54, 1.807) is 18.0 Å². The van der Waals surface area contributed by atoms with Crippen LogP contribution in [0.2, 0.25) is 0 Å². The SMILES string of the molecule is C=C/C=C\C=C(/C)SNC. The molecule has 0 heterocycles. The van der Waals surface area contributed by atoms with E-state index in [4.69, 9.17) is 0 Å². The third kappa shape index (κ3) is 5.66. The Morgan fingerprint density at radius 1 is 1.50 bits per heavy atom. The molecule has 0 aliphatic heterocycles. The fourth-order valence-corrected chi connectivity index (χ4v) is 0.933. The van der Waals surface area contributed by atoms with Crippen molar-refractivity contribution in [3.05, 3.63) is 35.8 Å². The normalized spacial score (nSPS) is 12.4. The average molecular weight is 155 g/mol. The smallest absolute Gasteiger partial charge is 0.00279 e. The Morgan fingerprint density at radius 3 is 2.70 bits per heavy atom. The molecule has 0 unspecified atom stereocenters. The van der Waals surface area contributed by atoms with Crippen molar-refractivity contribution < 1.29 is 0 Å². The van der Waals surface area contributed by atoms with E-state index in [-0.39, 0.29) is 0 Å². The minimum atomic E-state index is 1.24. The summed E-state index contributed by atoms with van der Waals surface area (Å²) in [4.78, 5) is 1.24. The van der Waals surface area contributed by atoms with Crippen molar-refractivity contribution in [1.82, 2.24) is 4.72 Å². The van der Waals surface area contributed by atoms with Crippen LogP contribution in [0, 0.1) is 0 Å². The van der Waals surface area contributed by atoms with E-state index in [1.165, 1.54) is 4.91 Å². The molecule has 0 saturated carbocycles. The van der Waals surface area contributed by atoms with Crippen molar-refractivity contribution in [3.63, 3.8) is 0 Å². The maximum absolute atomic E-state index is 3.57. The lowest BCUT2D eigenvalue weighted by Gasteiger charge is -1.93. The van der Waals surface area contributed by atoms with E-state index < -0.39 is 0 Å². The van der Waals surface area contributed by atoms with Crippen LogP contribution in [0.3, 0.4) is 0 Å². The zero-order valence-electron chi connectivity index (χ0n) is 6.42. The first-order valence-electron chi connectivity index (χ1n) is 3.11. The van der Waals surface area contributed by atoms with Crippen LogP contribution in [0.5, 0.6) is 0 Å². The fraction of sp³-hybridized carbons (Fsp3) is 0.250. The van der Waals surface area contributed by atoms with E-state index in [1.807, 2.05) is 25.3 Å². The summed E-state index contributed by atoms with van der Waals surface area (Å²) in [6.45, 7) is 5.62. The summed E-state index contributed by atoms with van der Waals surface area (Å²) >= 11 is 1.61. The molecular weight excluding hydrogens is 142 g/mol. The van der Waals surface area contributed by atoms with Crippen molar-refractivity contribution in [2.75, 3.05) is 7.05 Å². The highest BCUT2D eigenvalue weighted by Gasteiger charge is 1.81. The molecule has 0 aromatic heterocycles. The summed E-state index contributed by atoms with van der Waals surface area (Å²) in [5.41, 5.74) is 0. The highest BCUT2D eigenvalue weighted by Crippen LogP contribution is 2.08. The second-order valence-electron chi connectivity index (χ2n) is 1.70. The Kier molecular flexibility index (Phi) is 6.33. The van der Waals surface area contributed by atoms with E-state index >= 15 is 0 Å². The van der Waals surface area contributed by atoms with Crippen molar-refractivity contribution in [3.8, 4) is 0 Å². The Morgan fingerprint density at radius 2 is 2.20 bits per heavy atom. The molecule has 0 aliphatic carbocycles. The van der Waals surface area contributed by atoms with Crippen molar-refractivity contribution in [2.24, 2.45) is 0 Å². The molecule has 0 saturated heterocycles. The van der Waals surface area contributed by atoms with Gasteiger partial charge in [-0.3, -0.25) is 4.72 Å². The van der Waals surface area contributed by atoms with Crippen LogP contribution >= 0.6 is 11.9 Å². The molecule has 0 fully saturated rings. The zero-order valence-corrected chi connectivity index (χ0v) is 7.24. The van der Waals surface area contributed by atoms with Gasteiger partial charge in [-0.05, 0) is 18.9 Å². The maximum atomic E-state index is 3.57. The molecule has 0 radical (unpaired) electrons. The molecule has 1 nitrogen and oxygen atoms in total. The molecule has 1 N–H and O–H groups in total. The number of hydrogen-bond donors (Lipinski definition) is 1. The highest BCUT2D eigenvalue weighted by molar-refractivity contribution is 8.01. The second-order valence-corrected chi connectivity index (χ2v) is 2.96. The Labute approximate surface area is 67.0 Å². The summed E-state index contributed by atoms with van der Waals surface area (Å²) in [6.07, 6.45) is 7.66. The fourth-order valence-electron chi connectivity index (χ4n) is 0.465. The van der Waals surface area contributed by atoms with Gasteiger partial charge in [0.1, 0.15) is 0 Å². The van der Waals surface area contributed by atoms with Gasteiger partial charge in [-0.1, -0.05) is 42.8 Å². The van der Waals surface area contributed by atoms with E-state index in [0.29, 0.717) is 0 Å². The van der Waals surface area contributed by atoms with Gasteiger partial charge >= 0.3 is 0 Å². The summed E-state index contributed by atoms with van der Waals surface area (Å²) in [5.74, 6) is 0. The monoisotopic (exact) mass is 155 g/mol. The van der Waals surface area contributed by atoms with E-state index in [9.17, 15) is 0 Å². The topological polar surface area (TPSA) is 12.0 Å². The predicted molar refractivity (Wildman–Crippen MR) is 49.7 cm³/mol. The second kappa shape index (κ2) is 6.65. The molecule has 0 rings (SSSR count). The lowest BCUT2D eigenvalue weighted by molar-refractivity contribution is 1.30. The Hall–Kier alpha value is -0.470. The third-order valence-corrected chi connectivity index (χ3v) is 1.50. The quantitative estimate of drug-likeness (QED) is 0.494. The van der Waals surface area contributed by atoms with Crippen LogP contribution < -0.4 is 4.72 Å². The molecule has 10 heavy (non-hydrogen) atoms. The molecule has 2 heteroatoms. The minimum absolute atomic E-state index is 1.24. The lowest BCUT2D eigenvalue weighted by atomic mass is 10.4. The molecule has 0 bridgehead atoms. The zero-order chi connectivity index (χ0) is 7.82.